The summed E-state index contributed by atoms with van der Waals surface area (Å²) in [6.07, 6.45) is 1.80. The van der Waals surface area contributed by atoms with Gasteiger partial charge in [-0.1, -0.05) is 91.6 Å². The van der Waals surface area contributed by atoms with E-state index in [2.05, 4.69) is 29.8 Å². The fourth-order valence-corrected chi connectivity index (χ4v) is 7.02. The van der Waals surface area contributed by atoms with Crippen LogP contribution in [-0.4, -0.2) is 72.3 Å². The minimum Gasteiger partial charge on any atom is -0.375 e. The predicted molar refractivity (Wildman–Crippen MR) is 169 cm³/mol. The van der Waals surface area contributed by atoms with Crippen molar-refractivity contribution in [2.75, 3.05) is 13.7 Å². The summed E-state index contributed by atoms with van der Waals surface area (Å²) in [6, 6.07) is 5.93. The van der Waals surface area contributed by atoms with Gasteiger partial charge in [-0.15, -0.1) is 0 Å². The Bertz CT molecular complexity index is 1290. The predicted octanol–water partition coefficient (Wildman–Crippen LogP) is 2.93. The average molecular weight is 626 g/mol. The molecule has 0 bridgehead atoms. The summed E-state index contributed by atoms with van der Waals surface area (Å²) in [5, 5.41) is 8.76. The van der Waals surface area contributed by atoms with Gasteiger partial charge in [-0.2, -0.15) is 0 Å². The van der Waals surface area contributed by atoms with E-state index in [1.165, 1.54) is 0 Å². The zero-order valence-corrected chi connectivity index (χ0v) is 27.9. The van der Waals surface area contributed by atoms with Crippen molar-refractivity contribution in [3.63, 3.8) is 0 Å². The van der Waals surface area contributed by atoms with Gasteiger partial charge in [-0.25, -0.2) is 4.79 Å². The number of rotatable bonds is 13. The molecule has 5 N–H and O–H groups in total. The van der Waals surface area contributed by atoms with Crippen molar-refractivity contribution in [2.45, 2.75) is 98.0 Å². The number of carbonyl (C=O) groups excluding carboxylic acids is 5. The lowest BCUT2D eigenvalue weighted by atomic mass is 9.85. The summed E-state index contributed by atoms with van der Waals surface area (Å²) in [5.74, 6) is -2.50. The van der Waals surface area contributed by atoms with Crippen LogP contribution in [0.3, 0.4) is 0 Å². The number of likely N-dealkylation sites (tertiary alicyclic amines) is 1. The van der Waals surface area contributed by atoms with Crippen LogP contribution >= 0.6 is 0 Å². The third kappa shape index (κ3) is 7.51. The maximum Gasteiger partial charge on any atom is 0.315 e. The monoisotopic (exact) mass is 625 g/mol. The first kappa shape index (κ1) is 34.4. The molecule has 2 saturated carbocycles. The van der Waals surface area contributed by atoms with E-state index in [0.29, 0.717) is 13.0 Å². The highest BCUT2D eigenvalue weighted by atomic mass is 16.5. The molecule has 0 aromatic heterocycles. The molecule has 2 unspecified atom stereocenters. The highest BCUT2D eigenvalue weighted by Crippen LogP contribution is 2.65. The first-order chi connectivity index (χ1) is 21.0. The molecular weight excluding hydrogens is 574 g/mol. The molecule has 45 heavy (non-hydrogen) atoms. The van der Waals surface area contributed by atoms with Gasteiger partial charge in [0.25, 0.3) is 5.91 Å². The summed E-state index contributed by atoms with van der Waals surface area (Å²) in [6.45, 7) is 14.1. The highest BCUT2D eigenvalue weighted by Gasteiger charge is 2.70. The Morgan fingerprint density at radius 1 is 1.02 bits per heavy atom. The molecule has 1 saturated heterocycles. The number of carbonyl (C=O) groups is 5. The number of nitrogens with zero attached hydrogens (tertiary/aromatic N) is 1. The van der Waals surface area contributed by atoms with Gasteiger partial charge in [-0.3, -0.25) is 19.2 Å². The molecule has 1 aromatic rings. The molecule has 3 fully saturated rings. The molecule has 1 heterocycles. The van der Waals surface area contributed by atoms with E-state index in [0.717, 1.165) is 18.4 Å². The number of ether oxygens (including phenoxy) is 1. The molecular formula is C34H51N5O6. The van der Waals surface area contributed by atoms with E-state index in [1.54, 1.807) is 12.0 Å². The summed E-state index contributed by atoms with van der Waals surface area (Å²) < 4.78 is 5.81. The number of urea groups is 1. The van der Waals surface area contributed by atoms with Gasteiger partial charge in [0.15, 0.2) is 0 Å². The SMILES string of the molecule is CO[C@H](c1ccccc1)[C@@H](NC(=O)NC(C(=O)N1C[C@H]2[C@@H]([C@H]1C(=O)NC(CC1CC1)C(=O)C(N)=O)C2(C)C)C(C)(C)C)C(C)C. The second kappa shape index (κ2) is 13.1. The first-order valence-electron chi connectivity index (χ1n) is 16.1. The minimum absolute atomic E-state index is 0.0115. The summed E-state index contributed by atoms with van der Waals surface area (Å²) in [5.41, 5.74) is 5.36. The molecule has 0 spiro atoms. The number of amides is 5. The summed E-state index contributed by atoms with van der Waals surface area (Å²) in [4.78, 5) is 67.7. The van der Waals surface area contributed by atoms with Crippen LogP contribution in [-0.2, 0) is 23.9 Å². The maximum atomic E-state index is 14.3. The highest BCUT2D eigenvalue weighted by molar-refractivity contribution is 6.37. The standard InChI is InChI=1S/C34H51N5O6/c1-18(2)24(27(45-8)20-12-10-9-11-13-20)37-32(44)38-28(33(3,4)5)31(43)39-17-21-23(34(21,6)7)25(39)30(42)36-22(16-19-14-15-19)26(40)29(35)41/h9-13,18-19,21-25,27-28H,14-17H2,1-8H3,(H2,35,41)(H,36,42)(H2,37,38,44)/t21-,22?,23-,24-,25-,27+,28?/m0/s1. The lowest BCUT2D eigenvalue weighted by molar-refractivity contribution is -0.145. The van der Waals surface area contributed by atoms with Gasteiger partial charge in [0.1, 0.15) is 18.2 Å². The molecule has 11 nitrogen and oxygen atoms in total. The van der Waals surface area contributed by atoms with E-state index >= 15 is 0 Å². The second-order valence-corrected chi connectivity index (χ2v) is 15.1. The zero-order chi connectivity index (χ0) is 33.4. The van der Waals surface area contributed by atoms with E-state index < -0.39 is 59.3 Å². The van der Waals surface area contributed by atoms with Crippen molar-refractivity contribution >= 4 is 29.5 Å². The number of methoxy groups -OCH3 is 1. The van der Waals surface area contributed by atoms with Crippen molar-refractivity contribution in [1.29, 1.82) is 0 Å². The van der Waals surface area contributed by atoms with Crippen LogP contribution in [0.15, 0.2) is 30.3 Å². The molecule has 7 atom stereocenters. The Hall–Kier alpha value is -3.47. The van der Waals surface area contributed by atoms with Gasteiger partial charge in [0, 0.05) is 13.7 Å². The second-order valence-electron chi connectivity index (χ2n) is 15.1. The Kier molecular flexibility index (Phi) is 10.0. The third-order valence-electron chi connectivity index (χ3n) is 10.0. The number of Topliss-reactive ketones (excluding diaryl/α,β-unsaturated/α-hetero) is 1. The summed E-state index contributed by atoms with van der Waals surface area (Å²) >= 11 is 0. The Balaban J connectivity index is 1.54. The van der Waals surface area contributed by atoms with Crippen LogP contribution in [0.25, 0.3) is 0 Å². The quantitative estimate of drug-likeness (QED) is 0.247. The van der Waals surface area contributed by atoms with Gasteiger partial charge in [-0.05, 0) is 46.5 Å². The van der Waals surface area contributed by atoms with Crippen molar-refractivity contribution in [2.24, 2.45) is 40.2 Å². The molecule has 1 aliphatic heterocycles. The number of hydrogen-bond acceptors (Lipinski definition) is 6. The maximum absolute atomic E-state index is 14.3. The molecule has 4 rings (SSSR count). The first-order valence-corrected chi connectivity index (χ1v) is 16.1. The van der Waals surface area contributed by atoms with E-state index in [1.807, 2.05) is 65.0 Å². The zero-order valence-electron chi connectivity index (χ0n) is 27.9. The number of fused-ring (bicyclic) bond motifs is 1. The van der Waals surface area contributed by atoms with Crippen LogP contribution in [0.1, 0.15) is 79.4 Å². The molecule has 248 valence electrons. The smallest absolute Gasteiger partial charge is 0.315 e. The Morgan fingerprint density at radius 3 is 2.16 bits per heavy atom. The topological polar surface area (TPSA) is 160 Å². The molecule has 1 aromatic carbocycles. The summed E-state index contributed by atoms with van der Waals surface area (Å²) in [7, 11) is 1.60. The molecule has 2 aliphatic carbocycles. The normalized spacial score (nSPS) is 24.6. The Labute approximate surface area is 266 Å². The molecule has 3 aliphatic rings. The number of ketones is 1. The molecule has 5 amide bonds. The van der Waals surface area contributed by atoms with Gasteiger partial charge < -0.3 is 31.3 Å². The fourth-order valence-electron chi connectivity index (χ4n) is 7.02. The number of primary amides is 1. The van der Waals surface area contributed by atoms with Crippen LogP contribution in [0.4, 0.5) is 4.79 Å². The van der Waals surface area contributed by atoms with Gasteiger partial charge >= 0.3 is 6.03 Å². The lowest BCUT2D eigenvalue weighted by Crippen LogP contribution is -2.62. The average Bonchev–Trinajstić information content (AvgIpc) is 3.82. The van der Waals surface area contributed by atoms with Gasteiger partial charge in [0.2, 0.25) is 17.6 Å². The lowest BCUT2D eigenvalue weighted by Gasteiger charge is -2.38. The fraction of sp³-hybridized carbons (Fsp3) is 0.676. The molecule has 11 heteroatoms. The van der Waals surface area contributed by atoms with Crippen molar-refractivity contribution in [1.82, 2.24) is 20.9 Å². The van der Waals surface area contributed by atoms with Crippen molar-refractivity contribution in [3.8, 4) is 0 Å². The Morgan fingerprint density at radius 2 is 1.64 bits per heavy atom. The molecule has 0 radical (unpaired) electrons. The van der Waals surface area contributed by atoms with E-state index in [-0.39, 0.29) is 35.0 Å². The minimum atomic E-state index is -1.09. The largest absolute Gasteiger partial charge is 0.375 e. The van der Waals surface area contributed by atoms with Crippen LogP contribution in [0, 0.1) is 34.5 Å². The van der Waals surface area contributed by atoms with E-state index in [4.69, 9.17) is 10.5 Å². The number of nitrogens with two attached hydrogens (primary N) is 1. The number of nitrogens with one attached hydrogen (secondary N) is 3. The van der Waals surface area contributed by atoms with Crippen LogP contribution in [0.5, 0.6) is 0 Å². The number of benzene rings is 1. The number of piperidine rings is 1. The van der Waals surface area contributed by atoms with Crippen LogP contribution in [0.2, 0.25) is 0 Å². The third-order valence-corrected chi connectivity index (χ3v) is 10.0. The van der Waals surface area contributed by atoms with Crippen molar-refractivity contribution in [3.05, 3.63) is 35.9 Å². The van der Waals surface area contributed by atoms with Gasteiger partial charge in [0.05, 0.1) is 12.1 Å². The van der Waals surface area contributed by atoms with Crippen molar-refractivity contribution < 1.29 is 28.7 Å². The number of hydrogen-bond donors (Lipinski definition) is 4. The van der Waals surface area contributed by atoms with E-state index in [9.17, 15) is 24.0 Å². The van der Waals surface area contributed by atoms with Crippen LogP contribution < -0.4 is 21.7 Å².